The Morgan fingerprint density at radius 1 is 1.10 bits per heavy atom. The quantitative estimate of drug-likeness (QED) is 0.791. The normalized spacial score (nSPS) is 27.1. The van der Waals surface area contributed by atoms with Crippen molar-refractivity contribution in [1.29, 1.82) is 5.26 Å². The van der Waals surface area contributed by atoms with Crippen LogP contribution in [0.3, 0.4) is 0 Å². The molecule has 4 nitrogen and oxygen atoms in total. The molecule has 2 heterocycles. The van der Waals surface area contributed by atoms with Crippen LogP contribution in [-0.2, 0) is 4.79 Å². The third-order valence-electron chi connectivity index (χ3n) is 5.45. The minimum absolute atomic E-state index is 0.117. The van der Waals surface area contributed by atoms with Crippen molar-refractivity contribution in [2.24, 2.45) is 11.3 Å². The maximum Gasteiger partial charge on any atom is 0.243 e. The summed E-state index contributed by atoms with van der Waals surface area (Å²) in [5, 5.41) is 9.28. The van der Waals surface area contributed by atoms with Gasteiger partial charge in [0.05, 0.1) is 6.07 Å². The lowest BCUT2D eigenvalue weighted by atomic mass is 9.68. The van der Waals surface area contributed by atoms with E-state index in [0.717, 1.165) is 51.1 Å². The van der Waals surface area contributed by atoms with Gasteiger partial charge >= 0.3 is 0 Å². The fourth-order valence-corrected chi connectivity index (χ4v) is 3.86. The van der Waals surface area contributed by atoms with E-state index in [9.17, 15) is 10.1 Å². The second-order valence-corrected chi connectivity index (χ2v) is 6.79. The molecular formula is C16H25N3O. The summed E-state index contributed by atoms with van der Waals surface area (Å²) in [5.74, 6) is 0.863. The zero-order chi connectivity index (χ0) is 14.0. The minimum atomic E-state index is -0.651. The highest BCUT2D eigenvalue weighted by Gasteiger charge is 2.47. The Bertz CT molecular complexity index is 396. The van der Waals surface area contributed by atoms with Gasteiger partial charge in [-0.1, -0.05) is 0 Å². The van der Waals surface area contributed by atoms with Crippen molar-refractivity contribution >= 4 is 5.91 Å². The van der Waals surface area contributed by atoms with E-state index in [1.165, 1.54) is 32.5 Å². The summed E-state index contributed by atoms with van der Waals surface area (Å²) in [6.07, 6.45) is 7.51. The van der Waals surface area contributed by atoms with E-state index in [-0.39, 0.29) is 5.91 Å². The molecule has 0 aromatic carbocycles. The van der Waals surface area contributed by atoms with Gasteiger partial charge in [-0.05, 0) is 64.0 Å². The largest absolute Gasteiger partial charge is 0.341 e. The molecular weight excluding hydrogens is 250 g/mol. The van der Waals surface area contributed by atoms with Gasteiger partial charge < -0.3 is 9.80 Å². The lowest BCUT2D eigenvalue weighted by Crippen LogP contribution is -2.50. The molecule has 0 N–H and O–H groups in total. The fraction of sp³-hybridized carbons (Fsp3) is 0.875. The lowest BCUT2D eigenvalue weighted by Gasteiger charge is -2.41. The zero-order valence-corrected chi connectivity index (χ0v) is 12.3. The summed E-state index contributed by atoms with van der Waals surface area (Å²) >= 11 is 0. The summed E-state index contributed by atoms with van der Waals surface area (Å²) in [4.78, 5) is 17.0. The summed E-state index contributed by atoms with van der Waals surface area (Å²) in [6.45, 7) is 5.46. The predicted octanol–water partition coefficient (Wildman–Crippen LogP) is 2.01. The van der Waals surface area contributed by atoms with Crippen LogP contribution in [-0.4, -0.2) is 48.4 Å². The number of hydrogen-bond donors (Lipinski definition) is 0. The standard InChI is InChI=1S/C16H25N3O/c17-13-16(6-3-7-16)15(20)19-10-4-14(5-11-19)12-18-8-1-2-9-18/h14H,1-12H2. The summed E-state index contributed by atoms with van der Waals surface area (Å²) < 4.78 is 0. The number of carbonyl (C=O) groups excluding carboxylic acids is 1. The zero-order valence-electron chi connectivity index (χ0n) is 12.3. The number of piperidine rings is 1. The van der Waals surface area contributed by atoms with E-state index in [1.54, 1.807) is 0 Å². The van der Waals surface area contributed by atoms with Crippen LogP contribution in [0, 0.1) is 22.7 Å². The second kappa shape index (κ2) is 5.73. The molecule has 0 radical (unpaired) electrons. The van der Waals surface area contributed by atoms with Crippen LogP contribution in [0.4, 0.5) is 0 Å². The van der Waals surface area contributed by atoms with Crippen LogP contribution in [0.2, 0.25) is 0 Å². The first-order valence-corrected chi connectivity index (χ1v) is 8.16. The highest BCUT2D eigenvalue weighted by molar-refractivity contribution is 5.86. The third kappa shape index (κ3) is 2.56. The van der Waals surface area contributed by atoms with Crippen LogP contribution in [0.25, 0.3) is 0 Å². The fourth-order valence-electron chi connectivity index (χ4n) is 3.86. The molecule has 0 bridgehead atoms. The highest BCUT2D eigenvalue weighted by atomic mass is 16.2. The van der Waals surface area contributed by atoms with Gasteiger partial charge in [0, 0.05) is 19.6 Å². The van der Waals surface area contributed by atoms with Crippen LogP contribution >= 0.6 is 0 Å². The Hall–Kier alpha value is -1.08. The number of carbonyl (C=O) groups is 1. The monoisotopic (exact) mass is 275 g/mol. The molecule has 1 aliphatic carbocycles. The number of amides is 1. The first-order chi connectivity index (χ1) is 9.73. The van der Waals surface area contributed by atoms with Crippen molar-refractivity contribution in [1.82, 2.24) is 9.80 Å². The van der Waals surface area contributed by atoms with Gasteiger partial charge in [-0.25, -0.2) is 0 Å². The Kier molecular flexibility index (Phi) is 3.98. The molecule has 0 aromatic heterocycles. The summed E-state index contributed by atoms with van der Waals surface area (Å²) in [6, 6.07) is 2.28. The van der Waals surface area contributed by atoms with Gasteiger partial charge in [0.2, 0.25) is 5.91 Å². The first kappa shape index (κ1) is 13.9. The summed E-state index contributed by atoms with van der Waals surface area (Å²) in [7, 11) is 0. The van der Waals surface area contributed by atoms with Crippen molar-refractivity contribution in [3.63, 3.8) is 0 Å². The van der Waals surface area contributed by atoms with Gasteiger partial charge in [0.15, 0.2) is 0 Å². The Morgan fingerprint density at radius 3 is 2.25 bits per heavy atom. The van der Waals surface area contributed by atoms with Crippen molar-refractivity contribution in [2.75, 3.05) is 32.7 Å². The molecule has 0 spiro atoms. The second-order valence-electron chi connectivity index (χ2n) is 6.79. The van der Waals surface area contributed by atoms with E-state index in [0.29, 0.717) is 0 Å². The maximum absolute atomic E-state index is 12.5. The molecule has 3 aliphatic rings. The number of nitrogens with zero attached hydrogens (tertiary/aromatic N) is 3. The van der Waals surface area contributed by atoms with Crippen LogP contribution < -0.4 is 0 Å². The molecule has 3 rings (SSSR count). The van der Waals surface area contributed by atoms with Crippen molar-refractivity contribution in [3.05, 3.63) is 0 Å². The molecule has 2 aliphatic heterocycles. The topological polar surface area (TPSA) is 47.3 Å². The lowest BCUT2D eigenvalue weighted by molar-refractivity contribution is -0.144. The number of likely N-dealkylation sites (tertiary alicyclic amines) is 2. The average Bonchev–Trinajstić information content (AvgIpc) is 2.92. The number of rotatable bonds is 3. The number of nitriles is 1. The van der Waals surface area contributed by atoms with E-state index < -0.39 is 5.41 Å². The van der Waals surface area contributed by atoms with Gasteiger partial charge in [0.25, 0.3) is 0 Å². The van der Waals surface area contributed by atoms with Crippen LogP contribution in [0.15, 0.2) is 0 Å². The van der Waals surface area contributed by atoms with Gasteiger partial charge in [-0.3, -0.25) is 4.79 Å². The molecule has 2 saturated heterocycles. The van der Waals surface area contributed by atoms with E-state index in [4.69, 9.17) is 0 Å². The SMILES string of the molecule is N#CC1(C(=O)N2CCC(CN3CCCC3)CC2)CCC1. The Morgan fingerprint density at radius 2 is 1.75 bits per heavy atom. The third-order valence-corrected chi connectivity index (χ3v) is 5.45. The average molecular weight is 275 g/mol. The molecule has 0 unspecified atom stereocenters. The minimum Gasteiger partial charge on any atom is -0.341 e. The smallest absolute Gasteiger partial charge is 0.243 e. The molecule has 4 heteroatoms. The van der Waals surface area contributed by atoms with Crippen LogP contribution in [0.1, 0.15) is 44.9 Å². The van der Waals surface area contributed by atoms with Crippen LogP contribution in [0.5, 0.6) is 0 Å². The van der Waals surface area contributed by atoms with Crippen molar-refractivity contribution < 1.29 is 4.79 Å². The van der Waals surface area contributed by atoms with Crippen molar-refractivity contribution in [2.45, 2.75) is 44.9 Å². The van der Waals surface area contributed by atoms with Crippen molar-refractivity contribution in [3.8, 4) is 6.07 Å². The van der Waals surface area contributed by atoms with E-state index >= 15 is 0 Å². The van der Waals surface area contributed by atoms with E-state index in [1.807, 2.05) is 4.90 Å². The molecule has 3 fully saturated rings. The van der Waals surface area contributed by atoms with Gasteiger partial charge in [-0.2, -0.15) is 5.26 Å². The molecule has 0 atom stereocenters. The molecule has 20 heavy (non-hydrogen) atoms. The Balaban J connectivity index is 1.48. The van der Waals surface area contributed by atoms with Gasteiger partial charge in [-0.15, -0.1) is 0 Å². The highest BCUT2D eigenvalue weighted by Crippen LogP contribution is 2.42. The maximum atomic E-state index is 12.5. The van der Waals surface area contributed by atoms with E-state index in [2.05, 4.69) is 11.0 Å². The molecule has 1 amide bonds. The Labute approximate surface area is 121 Å². The molecule has 110 valence electrons. The summed E-state index contributed by atoms with van der Waals surface area (Å²) in [5.41, 5.74) is -0.651. The number of hydrogen-bond acceptors (Lipinski definition) is 3. The van der Waals surface area contributed by atoms with Gasteiger partial charge in [0.1, 0.15) is 5.41 Å². The molecule has 0 aromatic rings. The predicted molar refractivity (Wildman–Crippen MR) is 76.9 cm³/mol. The first-order valence-electron chi connectivity index (χ1n) is 8.16. The molecule has 1 saturated carbocycles.